The second kappa shape index (κ2) is 5.97. The molecule has 92 valence electrons. The standard InChI is InChI=1S/C11H16N4OS/c1-17-11-9-10(12-7-13-11)15(8-14-9)5-3-2-4-6-16/h7-8,16H,2-6H2,1H3. The molecule has 2 heterocycles. The summed E-state index contributed by atoms with van der Waals surface area (Å²) in [5.74, 6) is 0. The van der Waals surface area contributed by atoms with E-state index in [2.05, 4.69) is 15.0 Å². The zero-order valence-electron chi connectivity index (χ0n) is 9.83. The van der Waals surface area contributed by atoms with Gasteiger partial charge < -0.3 is 9.67 Å². The third kappa shape index (κ3) is 2.76. The maximum atomic E-state index is 8.72. The number of hydrogen-bond acceptors (Lipinski definition) is 5. The van der Waals surface area contributed by atoms with Gasteiger partial charge in [-0.1, -0.05) is 0 Å². The van der Waals surface area contributed by atoms with Crippen molar-refractivity contribution in [3.63, 3.8) is 0 Å². The molecule has 0 spiro atoms. The van der Waals surface area contributed by atoms with Crippen molar-refractivity contribution in [1.82, 2.24) is 19.5 Å². The number of hydrogen-bond donors (Lipinski definition) is 1. The van der Waals surface area contributed by atoms with E-state index in [0.717, 1.165) is 42.0 Å². The number of thioether (sulfide) groups is 1. The van der Waals surface area contributed by atoms with E-state index in [1.54, 1.807) is 18.1 Å². The summed E-state index contributed by atoms with van der Waals surface area (Å²) < 4.78 is 2.05. The number of unbranched alkanes of at least 4 members (excludes halogenated alkanes) is 2. The van der Waals surface area contributed by atoms with Gasteiger partial charge in [0, 0.05) is 13.2 Å². The Kier molecular flexibility index (Phi) is 4.33. The summed E-state index contributed by atoms with van der Waals surface area (Å²) in [5, 5.41) is 9.64. The van der Waals surface area contributed by atoms with Crippen molar-refractivity contribution in [3.8, 4) is 0 Å². The largest absolute Gasteiger partial charge is 0.396 e. The molecule has 0 unspecified atom stereocenters. The van der Waals surface area contributed by atoms with Gasteiger partial charge in [-0.05, 0) is 25.5 Å². The average Bonchev–Trinajstić information content (AvgIpc) is 2.78. The highest BCUT2D eigenvalue weighted by Crippen LogP contribution is 2.20. The highest BCUT2D eigenvalue weighted by atomic mass is 32.2. The number of rotatable bonds is 6. The number of imidazole rings is 1. The third-order valence-electron chi connectivity index (χ3n) is 2.62. The molecule has 0 aliphatic rings. The van der Waals surface area contributed by atoms with E-state index < -0.39 is 0 Å². The monoisotopic (exact) mass is 252 g/mol. The van der Waals surface area contributed by atoms with Crippen molar-refractivity contribution in [2.45, 2.75) is 30.8 Å². The molecular weight excluding hydrogens is 236 g/mol. The Morgan fingerprint density at radius 3 is 2.88 bits per heavy atom. The molecule has 1 N–H and O–H groups in total. The van der Waals surface area contributed by atoms with Crippen LogP contribution in [0.15, 0.2) is 17.7 Å². The molecule has 6 heteroatoms. The summed E-state index contributed by atoms with van der Waals surface area (Å²) in [4.78, 5) is 12.8. The quantitative estimate of drug-likeness (QED) is 0.482. The van der Waals surface area contributed by atoms with E-state index in [0.29, 0.717) is 0 Å². The van der Waals surface area contributed by atoms with Crippen LogP contribution in [-0.4, -0.2) is 37.5 Å². The van der Waals surface area contributed by atoms with Crippen molar-refractivity contribution in [3.05, 3.63) is 12.7 Å². The summed E-state index contributed by atoms with van der Waals surface area (Å²) in [7, 11) is 0. The van der Waals surface area contributed by atoms with E-state index in [9.17, 15) is 0 Å². The Morgan fingerprint density at radius 1 is 1.24 bits per heavy atom. The minimum absolute atomic E-state index is 0.267. The van der Waals surface area contributed by atoms with Crippen LogP contribution in [0.25, 0.3) is 11.2 Å². The first-order valence-electron chi connectivity index (χ1n) is 5.67. The molecule has 5 nitrogen and oxygen atoms in total. The summed E-state index contributed by atoms with van der Waals surface area (Å²) in [6.07, 6.45) is 8.30. The second-order valence-electron chi connectivity index (χ2n) is 3.78. The fourth-order valence-electron chi connectivity index (χ4n) is 1.74. The van der Waals surface area contributed by atoms with E-state index in [1.165, 1.54) is 0 Å². The van der Waals surface area contributed by atoms with Crippen molar-refractivity contribution in [2.24, 2.45) is 0 Å². The number of nitrogens with zero attached hydrogens (tertiary/aromatic N) is 4. The molecule has 0 fully saturated rings. The molecule has 2 aromatic rings. The van der Waals surface area contributed by atoms with Crippen LogP contribution in [0.5, 0.6) is 0 Å². The summed E-state index contributed by atoms with van der Waals surface area (Å²) in [6.45, 7) is 1.16. The molecule has 2 rings (SSSR count). The van der Waals surface area contributed by atoms with Gasteiger partial charge in [0.15, 0.2) is 5.65 Å². The normalized spacial score (nSPS) is 11.2. The van der Waals surface area contributed by atoms with Crippen molar-refractivity contribution in [1.29, 1.82) is 0 Å². The molecular formula is C11H16N4OS. The SMILES string of the molecule is CSc1ncnc2c1ncn2CCCCCO. The Labute approximate surface area is 104 Å². The van der Waals surface area contributed by atoms with Gasteiger partial charge in [-0.15, -0.1) is 11.8 Å². The lowest BCUT2D eigenvalue weighted by Crippen LogP contribution is -1.98. The smallest absolute Gasteiger partial charge is 0.164 e. The van der Waals surface area contributed by atoms with Crippen molar-refractivity contribution >= 4 is 22.9 Å². The predicted octanol–water partition coefficient (Wildman–Crippen LogP) is 1.71. The van der Waals surface area contributed by atoms with E-state index >= 15 is 0 Å². The number of fused-ring (bicyclic) bond motifs is 1. The molecule has 0 bridgehead atoms. The van der Waals surface area contributed by atoms with Gasteiger partial charge in [-0.2, -0.15) is 0 Å². The molecule has 0 aliphatic heterocycles. The molecule has 2 aromatic heterocycles. The summed E-state index contributed by atoms with van der Waals surface area (Å²) >= 11 is 1.58. The lowest BCUT2D eigenvalue weighted by molar-refractivity contribution is 0.282. The van der Waals surface area contributed by atoms with Gasteiger partial charge in [0.25, 0.3) is 0 Å². The highest BCUT2D eigenvalue weighted by Gasteiger charge is 2.08. The van der Waals surface area contributed by atoms with Crippen LogP contribution >= 0.6 is 11.8 Å². The van der Waals surface area contributed by atoms with Crippen LogP contribution in [0.2, 0.25) is 0 Å². The van der Waals surface area contributed by atoms with Gasteiger partial charge in [0.05, 0.1) is 6.33 Å². The van der Waals surface area contributed by atoms with Gasteiger partial charge in [-0.25, -0.2) is 15.0 Å². The van der Waals surface area contributed by atoms with Crippen LogP contribution in [0.4, 0.5) is 0 Å². The van der Waals surface area contributed by atoms with E-state index in [4.69, 9.17) is 5.11 Å². The molecule has 0 saturated carbocycles. The van der Waals surface area contributed by atoms with E-state index in [1.807, 2.05) is 17.2 Å². The van der Waals surface area contributed by atoms with Crippen LogP contribution in [0.3, 0.4) is 0 Å². The van der Waals surface area contributed by atoms with Gasteiger partial charge in [0.2, 0.25) is 0 Å². The lowest BCUT2D eigenvalue weighted by Gasteiger charge is -2.03. The molecule has 0 amide bonds. The molecule has 0 radical (unpaired) electrons. The average molecular weight is 252 g/mol. The van der Waals surface area contributed by atoms with Crippen LogP contribution < -0.4 is 0 Å². The molecule has 0 aliphatic carbocycles. The number of aryl methyl sites for hydroxylation is 1. The van der Waals surface area contributed by atoms with Crippen molar-refractivity contribution in [2.75, 3.05) is 12.9 Å². The fourth-order valence-corrected chi connectivity index (χ4v) is 2.23. The Bertz CT molecular complexity index is 485. The predicted molar refractivity (Wildman–Crippen MR) is 68.0 cm³/mol. The molecule has 0 aromatic carbocycles. The zero-order chi connectivity index (χ0) is 12.1. The Morgan fingerprint density at radius 2 is 2.12 bits per heavy atom. The fraction of sp³-hybridized carbons (Fsp3) is 0.545. The van der Waals surface area contributed by atoms with Crippen LogP contribution in [0.1, 0.15) is 19.3 Å². The number of aliphatic hydroxyl groups excluding tert-OH is 1. The summed E-state index contributed by atoms with van der Waals surface area (Å²) in [5.41, 5.74) is 1.77. The molecule has 0 saturated heterocycles. The van der Waals surface area contributed by atoms with E-state index in [-0.39, 0.29) is 6.61 Å². The van der Waals surface area contributed by atoms with Crippen LogP contribution in [-0.2, 0) is 6.54 Å². The number of aromatic nitrogens is 4. The van der Waals surface area contributed by atoms with Gasteiger partial charge in [-0.3, -0.25) is 0 Å². The zero-order valence-corrected chi connectivity index (χ0v) is 10.7. The van der Waals surface area contributed by atoms with Crippen LogP contribution in [0, 0.1) is 0 Å². The van der Waals surface area contributed by atoms with Crippen molar-refractivity contribution < 1.29 is 5.11 Å². The first-order valence-corrected chi connectivity index (χ1v) is 6.90. The summed E-state index contributed by atoms with van der Waals surface area (Å²) in [6, 6.07) is 0. The van der Waals surface area contributed by atoms with Gasteiger partial charge in [0.1, 0.15) is 16.9 Å². The molecule has 0 atom stereocenters. The number of aliphatic hydroxyl groups is 1. The lowest BCUT2D eigenvalue weighted by atomic mass is 10.2. The third-order valence-corrected chi connectivity index (χ3v) is 3.30. The first kappa shape index (κ1) is 12.3. The first-order chi connectivity index (χ1) is 8.36. The Hall–Kier alpha value is -1.14. The van der Waals surface area contributed by atoms with Gasteiger partial charge >= 0.3 is 0 Å². The molecule has 17 heavy (non-hydrogen) atoms. The minimum Gasteiger partial charge on any atom is -0.396 e. The topological polar surface area (TPSA) is 63.8 Å². The minimum atomic E-state index is 0.267. The Balaban J connectivity index is 2.13. The second-order valence-corrected chi connectivity index (χ2v) is 4.57. The maximum absolute atomic E-state index is 8.72. The maximum Gasteiger partial charge on any atom is 0.164 e. The highest BCUT2D eigenvalue weighted by molar-refractivity contribution is 7.98.